The molecule has 0 unspecified atom stereocenters. The molecule has 0 aromatic carbocycles. The normalized spacial score (nSPS) is 15.8. The highest BCUT2D eigenvalue weighted by molar-refractivity contribution is 5.48. The van der Waals surface area contributed by atoms with Gasteiger partial charge in [-0.3, -0.25) is 0 Å². The van der Waals surface area contributed by atoms with E-state index in [4.69, 9.17) is 0 Å². The molecule has 0 spiro atoms. The first-order valence-corrected chi connectivity index (χ1v) is 7.24. The second kappa shape index (κ2) is 6.24. The van der Waals surface area contributed by atoms with Gasteiger partial charge in [-0.05, 0) is 45.7 Å². The molecule has 4 heteroatoms. The summed E-state index contributed by atoms with van der Waals surface area (Å²) in [6.45, 7) is 10.7. The maximum absolute atomic E-state index is 4.53. The molecule has 1 aromatic rings. The van der Waals surface area contributed by atoms with Crippen LogP contribution >= 0.6 is 0 Å². The molecule has 0 aliphatic carbocycles. The molecule has 1 aliphatic rings. The van der Waals surface area contributed by atoms with Crippen LogP contribution in [0.4, 0.5) is 11.5 Å². The lowest BCUT2D eigenvalue weighted by Crippen LogP contribution is -2.38. The van der Waals surface area contributed by atoms with E-state index in [0.29, 0.717) is 0 Å². The number of hydrogen-bond donors (Lipinski definition) is 2. The number of nitrogens with zero attached hydrogens (tertiary/aromatic N) is 2. The number of anilines is 2. The highest BCUT2D eigenvalue weighted by Gasteiger charge is 2.12. The Balaban J connectivity index is 1.75. The molecule has 0 saturated carbocycles. The van der Waals surface area contributed by atoms with Crippen molar-refractivity contribution in [1.29, 1.82) is 0 Å². The monoisotopic (exact) mass is 262 g/mol. The molecule has 2 rings (SSSR count). The fraction of sp³-hybridized carbons (Fsp3) is 0.667. The maximum atomic E-state index is 4.53. The standard InChI is InChI=1S/C15H26N4/c1-15(2,3)18-9-8-16-13-6-7-14(17-12-13)19-10-4-5-11-19/h6-7,12,16,18H,4-5,8-11H2,1-3H3. The highest BCUT2D eigenvalue weighted by Crippen LogP contribution is 2.18. The summed E-state index contributed by atoms with van der Waals surface area (Å²) in [6.07, 6.45) is 4.52. The number of hydrogen-bond acceptors (Lipinski definition) is 4. The van der Waals surface area contributed by atoms with Crippen LogP contribution in [0.1, 0.15) is 33.6 Å². The van der Waals surface area contributed by atoms with E-state index >= 15 is 0 Å². The minimum Gasteiger partial charge on any atom is -0.383 e. The van der Waals surface area contributed by atoms with Crippen LogP contribution in [0.3, 0.4) is 0 Å². The van der Waals surface area contributed by atoms with Crippen molar-refractivity contribution in [3.05, 3.63) is 18.3 Å². The molecule has 2 N–H and O–H groups in total. The third-order valence-electron chi connectivity index (χ3n) is 3.29. The molecule has 0 radical (unpaired) electrons. The molecule has 0 atom stereocenters. The molecule has 4 nitrogen and oxygen atoms in total. The summed E-state index contributed by atoms with van der Waals surface area (Å²) in [4.78, 5) is 6.88. The SMILES string of the molecule is CC(C)(C)NCCNc1ccc(N2CCCC2)nc1. The zero-order valence-corrected chi connectivity index (χ0v) is 12.4. The van der Waals surface area contributed by atoms with E-state index in [-0.39, 0.29) is 5.54 Å². The van der Waals surface area contributed by atoms with Gasteiger partial charge in [-0.1, -0.05) is 0 Å². The Morgan fingerprint density at radius 2 is 1.89 bits per heavy atom. The lowest BCUT2D eigenvalue weighted by molar-refractivity contribution is 0.435. The summed E-state index contributed by atoms with van der Waals surface area (Å²) in [5.41, 5.74) is 1.28. The Morgan fingerprint density at radius 1 is 1.16 bits per heavy atom. The molecule has 1 aromatic heterocycles. The van der Waals surface area contributed by atoms with Crippen LogP contribution in [0.5, 0.6) is 0 Å². The molecule has 1 aliphatic heterocycles. The van der Waals surface area contributed by atoms with E-state index in [1.807, 2.05) is 6.20 Å². The van der Waals surface area contributed by atoms with Gasteiger partial charge < -0.3 is 15.5 Å². The van der Waals surface area contributed by atoms with Crippen LogP contribution < -0.4 is 15.5 Å². The number of nitrogens with one attached hydrogen (secondary N) is 2. The van der Waals surface area contributed by atoms with Gasteiger partial charge in [0, 0.05) is 31.7 Å². The van der Waals surface area contributed by atoms with Gasteiger partial charge in [0.1, 0.15) is 5.82 Å². The van der Waals surface area contributed by atoms with Crippen molar-refractivity contribution < 1.29 is 0 Å². The summed E-state index contributed by atoms with van der Waals surface area (Å²) in [6, 6.07) is 4.24. The molecule has 2 heterocycles. The predicted molar refractivity (Wildman–Crippen MR) is 81.9 cm³/mol. The van der Waals surface area contributed by atoms with Crippen molar-refractivity contribution in [3.63, 3.8) is 0 Å². The lowest BCUT2D eigenvalue weighted by Gasteiger charge is -2.21. The van der Waals surface area contributed by atoms with Crippen LogP contribution in [0.2, 0.25) is 0 Å². The van der Waals surface area contributed by atoms with Crippen LogP contribution in [0.25, 0.3) is 0 Å². The molecule has 0 amide bonds. The fourth-order valence-electron chi connectivity index (χ4n) is 2.27. The van der Waals surface area contributed by atoms with Gasteiger partial charge in [-0.2, -0.15) is 0 Å². The topological polar surface area (TPSA) is 40.2 Å². The second-order valence-corrected chi connectivity index (χ2v) is 6.20. The van der Waals surface area contributed by atoms with E-state index in [2.05, 4.69) is 53.4 Å². The molecular formula is C15H26N4. The molecule has 1 saturated heterocycles. The van der Waals surface area contributed by atoms with Gasteiger partial charge in [0.05, 0.1) is 11.9 Å². The molecule has 0 bridgehead atoms. The Bertz CT molecular complexity index is 374. The number of aromatic nitrogens is 1. The van der Waals surface area contributed by atoms with Crippen molar-refractivity contribution in [2.24, 2.45) is 0 Å². The Labute approximate surface area is 116 Å². The van der Waals surface area contributed by atoms with Gasteiger partial charge in [0.15, 0.2) is 0 Å². The first-order valence-electron chi connectivity index (χ1n) is 7.24. The van der Waals surface area contributed by atoms with Crippen molar-refractivity contribution in [1.82, 2.24) is 10.3 Å². The predicted octanol–water partition coefficient (Wildman–Crippen LogP) is 2.48. The second-order valence-electron chi connectivity index (χ2n) is 6.20. The minimum atomic E-state index is 0.180. The van der Waals surface area contributed by atoms with Gasteiger partial charge in [-0.25, -0.2) is 4.98 Å². The highest BCUT2D eigenvalue weighted by atomic mass is 15.2. The van der Waals surface area contributed by atoms with Crippen molar-refractivity contribution in [2.45, 2.75) is 39.2 Å². The Hall–Kier alpha value is -1.29. The lowest BCUT2D eigenvalue weighted by atomic mass is 10.1. The maximum Gasteiger partial charge on any atom is 0.128 e. The van der Waals surface area contributed by atoms with Crippen molar-refractivity contribution in [3.8, 4) is 0 Å². The average Bonchev–Trinajstić information content (AvgIpc) is 2.88. The minimum absolute atomic E-state index is 0.180. The van der Waals surface area contributed by atoms with E-state index in [1.165, 1.54) is 12.8 Å². The Morgan fingerprint density at radius 3 is 2.47 bits per heavy atom. The van der Waals surface area contributed by atoms with Crippen LogP contribution in [-0.2, 0) is 0 Å². The van der Waals surface area contributed by atoms with Crippen LogP contribution in [0.15, 0.2) is 18.3 Å². The third kappa shape index (κ3) is 4.71. The summed E-state index contributed by atoms with van der Waals surface area (Å²) in [7, 11) is 0. The zero-order chi connectivity index (χ0) is 13.7. The van der Waals surface area contributed by atoms with E-state index < -0.39 is 0 Å². The summed E-state index contributed by atoms with van der Waals surface area (Å²) < 4.78 is 0. The van der Waals surface area contributed by atoms with E-state index in [1.54, 1.807) is 0 Å². The average molecular weight is 262 g/mol. The van der Waals surface area contributed by atoms with Gasteiger partial charge in [0.25, 0.3) is 0 Å². The molecule has 1 fully saturated rings. The molecule has 19 heavy (non-hydrogen) atoms. The largest absolute Gasteiger partial charge is 0.383 e. The first-order chi connectivity index (χ1) is 9.04. The summed E-state index contributed by atoms with van der Waals surface area (Å²) in [5.74, 6) is 1.11. The van der Waals surface area contributed by atoms with E-state index in [0.717, 1.165) is 37.7 Å². The van der Waals surface area contributed by atoms with Crippen molar-refractivity contribution >= 4 is 11.5 Å². The quantitative estimate of drug-likeness (QED) is 0.800. The van der Waals surface area contributed by atoms with Gasteiger partial charge >= 0.3 is 0 Å². The third-order valence-corrected chi connectivity index (χ3v) is 3.29. The van der Waals surface area contributed by atoms with Crippen molar-refractivity contribution in [2.75, 3.05) is 36.4 Å². The van der Waals surface area contributed by atoms with Gasteiger partial charge in [-0.15, -0.1) is 0 Å². The first kappa shape index (κ1) is 14.1. The smallest absolute Gasteiger partial charge is 0.128 e. The summed E-state index contributed by atoms with van der Waals surface area (Å²) >= 11 is 0. The zero-order valence-electron chi connectivity index (χ0n) is 12.4. The molecular weight excluding hydrogens is 236 g/mol. The molecule has 106 valence electrons. The number of rotatable bonds is 5. The van der Waals surface area contributed by atoms with E-state index in [9.17, 15) is 0 Å². The van der Waals surface area contributed by atoms with Crippen LogP contribution in [0, 0.1) is 0 Å². The Kier molecular flexibility index (Phi) is 4.64. The number of pyridine rings is 1. The summed E-state index contributed by atoms with van der Waals surface area (Å²) in [5, 5.41) is 6.85. The van der Waals surface area contributed by atoms with Crippen LogP contribution in [-0.4, -0.2) is 36.7 Å². The van der Waals surface area contributed by atoms with Gasteiger partial charge in [0.2, 0.25) is 0 Å². The fourth-order valence-corrected chi connectivity index (χ4v) is 2.27.